The van der Waals surface area contributed by atoms with E-state index in [1.54, 1.807) is 21.6 Å². The highest BCUT2D eigenvalue weighted by molar-refractivity contribution is 6.31. The summed E-state index contributed by atoms with van der Waals surface area (Å²) in [5.74, 6) is -0.139. The molecule has 1 N–H and O–H groups in total. The summed E-state index contributed by atoms with van der Waals surface area (Å²) in [7, 11) is 0. The van der Waals surface area contributed by atoms with Gasteiger partial charge in [-0.2, -0.15) is 10.2 Å². The van der Waals surface area contributed by atoms with Crippen LogP contribution in [0.2, 0.25) is 5.02 Å². The van der Waals surface area contributed by atoms with Crippen molar-refractivity contribution in [2.75, 3.05) is 19.6 Å². The standard InChI is InChI=1S/C23H39ClN6O/c1-6-8-10-13-28(14-11-9-7-2)16-18(3)25-23(31)21-12-15-29(27-21)17-30-20(5)22(24)19(4)26-30/h12,15,18H,6-11,13-14,16-17H2,1-5H3,(H,25,31). The summed E-state index contributed by atoms with van der Waals surface area (Å²) in [5.41, 5.74) is 2.10. The predicted molar refractivity (Wildman–Crippen MR) is 127 cm³/mol. The molecule has 2 rings (SSSR count). The van der Waals surface area contributed by atoms with Gasteiger partial charge < -0.3 is 10.2 Å². The average molecular weight is 451 g/mol. The summed E-state index contributed by atoms with van der Waals surface area (Å²) in [6, 6.07) is 1.81. The Morgan fingerprint density at radius 3 is 2.32 bits per heavy atom. The molecule has 1 atom stereocenters. The highest BCUT2D eigenvalue weighted by Gasteiger charge is 2.16. The number of halogens is 1. The van der Waals surface area contributed by atoms with Crippen LogP contribution in [0, 0.1) is 13.8 Å². The van der Waals surface area contributed by atoms with Crippen molar-refractivity contribution < 1.29 is 4.79 Å². The van der Waals surface area contributed by atoms with E-state index in [0.29, 0.717) is 17.4 Å². The fraction of sp³-hybridized carbons (Fsp3) is 0.696. The van der Waals surface area contributed by atoms with Crippen LogP contribution in [0.5, 0.6) is 0 Å². The summed E-state index contributed by atoms with van der Waals surface area (Å²) in [5, 5.41) is 12.6. The molecule has 2 heterocycles. The fourth-order valence-electron chi connectivity index (χ4n) is 3.71. The topological polar surface area (TPSA) is 68.0 Å². The molecule has 0 bridgehead atoms. The van der Waals surface area contributed by atoms with E-state index in [0.717, 1.165) is 31.0 Å². The number of hydrogen-bond acceptors (Lipinski definition) is 4. The highest BCUT2D eigenvalue weighted by Crippen LogP contribution is 2.18. The van der Waals surface area contributed by atoms with E-state index in [-0.39, 0.29) is 11.9 Å². The van der Waals surface area contributed by atoms with Gasteiger partial charge in [-0.25, -0.2) is 4.68 Å². The smallest absolute Gasteiger partial charge is 0.272 e. The van der Waals surface area contributed by atoms with Gasteiger partial charge in [-0.15, -0.1) is 0 Å². The molecule has 0 saturated carbocycles. The molecule has 0 radical (unpaired) electrons. The maximum atomic E-state index is 12.7. The van der Waals surface area contributed by atoms with Crippen LogP contribution in [0.1, 0.15) is 81.2 Å². The monoisotopic (exact) mass is 450 g/mol. The Labute approximate surface area is 192 Å². The van der Waals surface area contributed by atoms with Gasteiger partial charge in [0.1, 0.15) is 12.4 Å². The first kappa shape index (κ1) is 25.4. The zero-order valence-corrected chi connectivity index (χ0v) is 20.6. The summed E-state index contributed by atoms with van der Waals surface area (Å²) >= 11 is 6.22. The van der Waals surface area contributed by atoms with Crippen LogP contribution in [-0.4, -0.2) is 56.0 Å². The van der Waals surface area contributed by atoms with Gasteiger partial charge in [0.15, 0.2) is 0 Å². The third-order valence-electron chi connectivity index (χ3n) is 5.51. The van der Waals surface area contributed by atoms with E-state index in [2.05, 4.69) is 41.2 Å². The van der Waals surface area contributed by atoms with Crippen molar-refractivity contribution in [3.63, 3.8) is 0 Å². The minimum atomic E-state index is -0.139. The van der Waals surface area contributed by atoms with Crippen LogP contribution in [0.25, 0.3) is 0 Å². The Hall–Kier alpha value is -1.86. The third-order valence-corrected chi connectivity index (χ3v) is 6.06. The van der Waals surface area contributed by atoms with Gasteiger partial charge in [0.2, 0.25) is 0 Å². The van der Waals surface area contributed by atoms with E-state index in [1.807, 2.05) is 13.8 Å². The molecular weight excluding hydrogens is 412 g/mol. The molecule has 174 valence electrons. The van der Waals surface area contributed by atoms with Gasteiger partial charge in [-0.05, 0) is 52.8 Å². The van der Waals surface area contributed by atoms with Crippen molar-refractivity contribution >= 4 is 17.5 Å². The van der Waals surface area contributed by atoms with Crippen molar-refractivity contribution in [2.45, 2.75) is 85.9 Å². The Morgan fingerprint density at radius 2 is 1.77 bits per heavy atom. The van der Waals surface area contributed by atoms with Gasteiger partial charge in [0.25, 0.3) is 5.91 Å². The van der Waals surface area contributed by atoms with Crippen LogP contribution in [0.4, 0.5) is 0 Å². The largest absolute Gasteiger partial charge is 0.347 e. The Kier molecular flexibility index (Phi) is 10.5. The van der Waals surface area contributed by atoms with Crippen molar-refractivity contribution in [2.24, 2.45) is 0 Å². The molecule has 0 spiro atoms. The van der Waals surface area contributed by atoms with E-state index in [1.165, 1.54) is 38.5 Å². The lowest BCUT2D eigenvalue weighted by atomic mass is 10.2. The molecule has 0 aliphatic rings. The molecule has 2 aromatic rings. The molecular formula is C23H39ClN6O. The lowest BCUT2D eigenvalue weighted by Gasteiger charge is -2.26. The number of carbonyl (C=O) groups is 1. The number of carbonyl (C=O) groups excluding carboxylic acids is 1. The number of amides is 1. The number of unbranched alkanes of at least 4 members (excludes halogenated alkanes) is 4. The van der Waals surface area contributed by atoms with Crippen LogP contribution in [-0.2, 0) is 6.67 Å². The van der Waals surface area contributed by atoms with Crippen molar-refractivity contribution in [3.8, 4) is 0 Å². The van der Waals surface area contributed by atoms with Crippen molar-refractivity contribution in [1.82, 2.24) is 29.8 Å². The van der Waals surface area contributed by atoms with E-state index >= 15 is 0 Å². The molecule has 0 aliphatic heterocycles. The molecule has 2 aromatic heterocycles. The Bertz CT molecular complexity index is 805. The second-order valence-corrected chi connectivity index (χ2v) is 8.83. The number of aromatic nitrogens is 4. The predicted octanol–water partition coefficient (Wildman–Crippen LogP) is 4.66. The number of aryl methyl sites for hydroxylation is 1. The van der Waals surface area contributed by atoms with Gasteiger partial charge in [-0.3, -0.25) is 9.48 Å². The van der Waals surface area contributed by atoms with E-state index in [4.69, 9.17) is 11.6 Å². The molecule has 0 saturated heterocycles. The first-order valence-electron chi connectivity index (χ1n) is 11.6. The summed E-state index contributed by atoms with van der Waals surface area (Å²) in [4.78, 5) is 15.2. The molecule has 1 amide bonds. The minimum absolute atomic E-state index is 0.0655. The molecule has 8 heteroatoms. The second kappa shape index (κ2) is 12.9. The lowest BCUT2D eigenvalue weighted by molar-refractivity contribution is 0.0922. The summed E-state index contributed by atoms with van der Waals surface area (Å²) in [6.45, 7) is 13.8. The molecule has 0 aliphatic carbocycles. The summed E-state index contributed by atoms with van der Waals surface area (Å²) in [6.07, 6.45) is 9.18. The van der Waals surface area contributed by atoms with Crippen LogP contribution in [0.15, 0.2) is 12.3 Å². The van der Waals surface area contributed by atoms with E-state index in [9.17, 15) is 4.79 Å². The average Bonchev–Trinajstić information content (AvgIpc) is 3.29. The lowest BCUT2D eigenvalue weighted by Crippen LogP contribution is -2.42. The number of rotatable bonds is 14. The molecule has 0 aromatic carbocycles. The van der Waals surface area contributed by atoms with Gasteiger partial charge >= 0.3 is 0 Å². The van der Waals surface area contributed by atoms with Crippen molar-refractivity contribution in [3.05, 3.63) is 34.4 Å². The van der Waals surface area contributed by atoms with Gasteiger partial charge in [0.05, 0.1) is 16.4 Å². The van der Waals surface area contributed by atoms with Crippen LogP contribution >= 0.6 is 11.6 Å². The Balaban J connectivity index is 1.89. The molecule has 1 unspecified atom stereocenters. The maximum Gasteiger partial charge on any atom is 0.272 e. The zero-order valence-electron chi connectivity index (χ0n) is 19.8. The SMILES string of the molecule is CCCCCN(CCCCC)CC(C)NC(=O)c1ccn(Cn2nc(C)c(Cl)c2C)n1. The quantitative estimate of drug-likeness (QED) is 0.425. The van der Waals surface area contributed by atoms with E-state index < -0.39 is 0 Å². The fourth-order valence-corrected chi connectivity index (χ4v) is 3.84. The molecule has 31 heavy (non-hydrogen) atoms. The van der Waals surface area contributed by atoms with Crippen LogP contribution in [0.3, 0.4) is 0 Å². The van der Waals surface area contributed by atoms with Crippen LogP contribution < -0.4 is 5.32 Å². The Morgan fingerprint density at radius 1 is 1.13 bits per heavy atom. The third kappa shape index (κ3) is 7.96. The number of nitrogens with zero attached hydrogens (tertiary/aromatic N) is 5. The number of nitrogens with one attached hydrogen (secondary N) is 1. The second-order valence-electron chi connectivity index (χ2n) is 8.46. The molecule has 7 nitrogen and oxygen atoms in total. The maximum absolute atomic E-state index is 12.7. The zero-order chi connectivity index (χ0) is 22.8. The number of hydrogen-bond donors (Lipinski definition) is 1. The first-order chi connectivity index (χ1) is 14.8. The van der Waals surface area contributed by atoms with Gasteiger partial charge in [0, 0.05) is 18.8 Å². The van der Waals surface area contributed by atoms with Gasteiger partial charge in [-0.1, -0.05) is 51.1 Å². The summed E-state index contributed by atoms with van der Waals surface area (Å²) < 4.78 is 3.50. The highest BCUT2D eigenvalue weighted by atomic mass is 35.5. The minimum Gasteiger partial charge on any atom is -0.347 e. The molecule has 0 fully saturated rings. The first-order valence-corrected chi connectivity index (χ1v) is 12.0. The van der Waals surface area contributed by atoms with Crippen molar-refractivity contribution in [1.29, 1.82) is 0 Å². The normalized spacial score (nSPS) is 12.5.